The van der Waals surface area contributed by atoms with E-state index < -0.39 is 0 Å². The summed E-state index contributed by atoms with van der Waals surface area (Å²) in [5.41, 5.74) is 2.83. The lowest BCUT2D eigenvalue weighted by atomic mass is 9.91. The first-order valence-corrected chi connectivity index (χ1v) is 10.2. The fraction of sp³-hybridized carbons (Fsp3) is 0.364. The second kappa shape index (κ2) is 6.66. The quantitative estimate of drug-likeness (QED) is 0.638. The fourth-order valence-electron chi connectivity index (χ4n) is 4.44. The predicted octanol–water partition coefficient (Wildman–Crippen LogP) is 4.06. The zero-order valence-corrected chi connectivity index (χ0v) is 17.5. The van der Waals surface area contributed by atoms with Crippen LogP contribution < -0.4 is 4.90 Å². The van der Waals surface area contributed by atoms with E-state index in [-0.39, 0.29) is 5.60 Å². The zero-order chi connectivity index (χ0) is 20.2. The third kappa shape index (κ3) is 3.02. The van der Waals surface area contributed by atoms with Crippen LogP contribution in [0.25, 0.3) is 22.4 Å². The highest BCUT2D eigenvalue weighted by Gasteiger charge is 2.43. The summed E-state index contributed by atoms with van der Waals surface area (Å²) in [6.07, 6.45) is 3.63. The Morgan fingerprint density at radius 2 is 1.93 bits per heavy atom. The molecule has 0 aliphatic carbocycles. The van der Waals surface area contributed by atoms with E-state index in [1.165, 1.54) is 0 Å². The second-order valence-electron chi connectivity index (χ2n) is 8.03. The summed E-state index contributed by atoms with van der Waals surface area (Å²) >= 11 is 6.53. The number of aromatic nitrogens is 3. The normalized spacial score (nSPS) is 18.7. The van der Waals surface area contributed by atoms with Crippen LogP contribution in [0.3, 0.4) is 0 Å². The molecule has 7 heteroatoms. The Morgan fingerprint density at radius 3 is 2.62 bits per heavy atom. The summed E-state index contributed by atoms with van der Waals surface area (Å²) in [6.45, 7) is 6.67. The van der Waals surface area contributed by atoms with Gasteiger partial charge < -0.3 is 19.1 Å². The smallest absolute Gasteiger partial charge is 0.182 e. The number of halogens is 1. The molecule has 3 aromatic rings. The maximum atomic E-state index is 6.53. The number of benzene rings is 1. The van der Waals surface area contributed by atoms with Crippen molar-refractivity contribution >= 4 is 28.5 Å². The number of pyridine rings is 1. The third-order valence-corrected chi connectivity index (χ3v) is 6.45. The van der Waals surface area contributed by atoms with Gasteiger partial charge in [0.2, 0.25) is 0 Å². The van der Waals surface area contributed by atoms with Gasteiger partial charge in [0.25, 0.3) is 0 Å². The topological polar surface area (TPSA) is 46.4 Å². The molecule has 0 bridgehead atoms. The van der Waals surface area contributed by atoms with Crippen molar-refractivity contribution < 1.29 is 4.74 Å². The number of rotatable bonds is 2. The minimum atomic E-state index is -0.116. The number of piperidine rings is 1. The molecule has 6 nitrogen and oxygen atoms in total. The average Bonchev–Trinajstić information content (AvgIpc) is 3.19. The monoisotopic (exact) mass is 409 g/mol. The van der Waals surface area contributed by atoms with Gasteiger partial charge in [0, 0.05) is 51.8 Å². The molecular weight excluding hydrogens is 386 g/mol. The molecule has 0 radical (unpaired) electrons. The molecule has 0 amide bonds. The molecule has 2 saturated heterocycles. The number of nitrogens with zero attached hydrogens (tertiary/aromatic N) is 5. The highest BCUT2D eigenvalue weighted by Crippen LogP contribution is 2.38. The van der Waals surface area contributed by atoms with E-state index in [9.17, 15) is 0 Å². The number of imidazole rings is 1. The van der Waals surface area contributed by atoms with Crippen molar-refractivity contribution in [1.29, 1.82) is 0 Å². The Labute approximate surface area is 175 Å². The maximum absolute atomic E-state index is 6.53. The molecule has 2 fully saturated rings. The van der Waals surface area contributed by atoms with Gasteiger partial charge in [0.15, 0.2) is 5.88 Å². The van der Waals surface area contributed by atoms with Crippen molar-refractivity contribution in [2.24, 2.45) is 7.05 Å². The van der Waals surface area contributed by atoms with E-state index in [2.05, 4.69) is 38.1 Å². The van der Waals surface area contributed by atoms with Gasteiger partial charge in [-0.25, -0.2) is 9.97 Å². The standard InChI is InChI=1S/C22H24ClN5O/c1-15-26(2)14-22(29-15)8-10-28(11-9-22)20-12-16(17(23)13-24-20)21-25-18-6-4-5-7-19(18)27(21)3/h4-7,12-13H,1,8-11,14H2,2-3H3. The molecule has 4 heterocycles. The van der Waals surface area contributed by atoms with Gasteiger partial charge in [-0.05, 0) is 24.8 Å². The lowest BCUT2D eigenvalue weighted by molar-refractivity contribution is 0.0273. The molecule has 29 heavy (non-hydrogen) atoms. The van der Waals surface area contributed by atoms with Crippen molar-refractivity contribution in [3.05, 3.63) is 54.0 Å². The minimum Gasteiger partial charge on any atom is -0.471 e. The third-order valence-electron chi connectivity index (χ3n) is 6.15. The molecule has 0 unspecified atom stereocenters. The fourth-order valence-corrected chi connectivity index (χ4v) is 4.63. The molecular formula is C22H24ClN5O. The number of fused-ring (bicyclic) bond motifs is 1. The first kappa shape index (κ1) is 18.3. The minimum absolute atomic E-state index is 0.116. The molecule has 2 aromatic heterocycles. The van der Waals surface area contributed by atoms with Crippen LogP contribution in [0.1, 0.15) is 12.8 Å². The van der Waals surface area contributed by atoms with E-state index in [1.54, 1.807) is 6.20 Å². The van der Waals surface area contributed by atoms with Crippen LogP contribution in [0.15, 0.2) is 49.0 Å². The van der Waals surface area contributed by atoms with Crippen LogP contribution in [-0.4, -0.2) is 51.7 Å². The molecule has 5 rings (SSSR count). The van der Waals surface area contributed by atoms with Crippen LogP contribution in [0, 0.1) is 0 Å². The molecule has 2 aliphatic rings. The summed E-state index contributed by atoms with van der Waals surface area (Å²) in [5.74, 6) is 2.55. The van der Waals surface area contributed by atoms with Crippen molar-refractivity contribution in [2.75, 3.05) is 31.6 Å². The highest BCUT2D eigenvalue weighted by molar-refractivity contribution is 6.33. The van der Waals surface area contributed by atoms with Gasteiger partial charge in [0.05, 0.1) is 22.6 Å². The Kier molecular flexibility index (Phi) is 4.21. The lowest BCUT2D eigenvalue weighted by Crippen LogP contribution is -2.47. The van der Waals surface area contributed by atoms with Gasteiger partial charge in [-0.2, -0.15) is 0 Å². The molecule has 0 saturated carbocycles. The van der Waals surface area contributed by atoms with Gasteiger partial charge in [-0.1, -0.05) is 23.7 Å². The number of hydrogen-bond donors (Lipinski definition) is 0. The number of hydrogen-bond acceptors (Lipinski definition) is 5. The van der Waals surface area contributed by atoms with Gasteiger partial charge >= 0.3 is 0 Å². The maximum Gasteiger partial charge on any atom is 0.182 e. The first-order valence-electron chi connectivity index (χ1n) is 9.87. The summed E-state index contributed by atoms with van der Waals surface area (Å²) in [4.78, 5) is 13.8. The summed E-state index contributed by atoms with van der Waals surface area (Å²) in [7, 11) is 4.06. The van der Waals surface area contributed by atoms with E-state index in [4.69, 9.17) is 21.3 Å². The van der Waals surface area contributed by atoms with Crippen molar-refractivity contribution in [2.45, 2.75) is 18.4 Å². The Morgan fingerprint density at radius 1 is 1.17 bits per heavy atom. The van der Waals surface area contributed by atoms with Gasteiger partial charge in [-0.15, -0.1) is 0 Å². The molecule has 1 spiro atoms. The molecule has 2 aliphatic heterocycles. The number of likely N-dealkylation sites (N-methyl/N-ethyl adjacent to an activating group) is 1. The summed E-state index contributed by atoms with van der Waals surface area (Å²) in [5, 5.41) is 0.609. The first-order chi connectivity index (χ1) is 14.0. The van der Waals surface area contributed by atoms with E-state index >= 15 is 0 Å². The predicted molar refractivity (Wildman–Crippen MR) is 116 cm³/mol. The van der Waals surface area contributed by atoms with Crippen LogP contribution in [0.2, 0.25) is 5.02 Å². The average molecular weight is 410 g/mol. The van der Waals surface area contributed by atoms with Crippen molar-refractivity contribution in [1.82, 2.24) is 19.4 Å². The van der Waals surface area contributed by atoms with Crippen LogP contribution in [0.5, 0.6) is 0 Å². The van der Waals surface area contributed by atoms with E-state index in [0.717, 1.165) is 66.6 Å². The number of aryl methyl sites for hydroxylation is 1. The molecule has 0 atom stereocenters. The molecule has 0 N–H and O–H groups in total. The Hall–Kier alpha value is -2.73. The van der Waals surface area contributed by atoms with Crippen molar-refractivity contribution in [3.8, 4) is 11.4 Å². The highest BCUT2D eigenvalue weighted by atomic mass is 35.5. The molecule has 1 aromatic carbocycles. The Bertz CT molecular complexity index is 1100. The van der Waals surface area contributed by atoms with Gasteiger partial charge in [0.1, 0.15) is 17.2 Å². The van der Waals surface area contributed by atoms with E-state index in [0.29, 0.717) is 5.02 Å². The Balaban J connectivity index is 1.43. The van der Waals surface area contributed by atoms with Crippen LogP contribution in [-0.2, 0) is 11.8 Å². The van der Waals surface area contributed by atoms with Crippen LogP contribution in [0.4, 0.5) is 5.82 Å². The SMILES string of the molecule is C=C1OC2(CCN(c3cc(-c4nc5ccccc5n4C)c(Cl)cn3)CC2)CN1C. The van der Waals surface area contributed by atoms with Crippen molar-refractivity contribution in [3.63, 3.8) is 0 Å². The lowest BCUT2D eigenvalue weighted by Gasteiger charge is -2.38. The summed E-state index contributed by atoms with van der Waals surface area (Å²) < 4.78 is 8.18. The largest absolute Gasteiger partial charge is 0.471 e. The second-order valence-corrected chi connectivity index (χ2v) is 8.43. The number of anilines is 1. The number of ether oxygens (including phenoxy) is 1. The van der Waals surface area contributed by atoms with Gasteiger partial charge in [-0.3, -0.25) is 0 Å². The van der Waals surface area contributed by atoms with E-state index in [1.807, 2.05) is 32.3 Å². The number of para-hydroxylation sites is 2. The van der Waals surface area contributed by atoms with Crippen LogP contribution >= 0.6 is 11.6 Å². The molecule has 150 valence electrons. The zero-order valence-electron chi connectivity index (χ0n) is 16.7. The summed E-state index contributed by atoms with van der Waals surface area (Å²) in [6, 6.07) is 10.2.